The molecule has 1 saturated heterocycles. The second kappa shape index (κ2) is 5.91. The van der Waals surface area contributed by atoms with Gasteiger partial charge in [0.05, 0.1) is 5.75 Å². The van der Waals surface area contributed by atoms with Crippen molar-refractivity contribution in [2.75, 3.05) is 18.8 Å². The molecule has 0 N–H and O–H groups in total. The maximum atomic E-state index is 12.6. The van der Waals surface area contributed by atoms with Crippen molar-refractivity contribution in [2.24, 2.45) is 5.92 Å². The average molecular weight is 299 g/mol. The van der Waals surface area contributed by atoms with Gasteiger partial charge in [0.15, 0.2) is 0 Å². The third kappa shape index (κ3) is 4.30. The molecule has 0 aromatic heterocycles. The molecule has 4 nitrogen and oxygen atoms in total. The fourth-order valence-corrected chi connectivity index (χ4v) is 3.38. The van der Waals surface area contributed by atoms with Crippen molar-refractivity contribution in [3.05, 3.63) is 35.4 Å². The normalized spacial score (nSPS) is 19.6. The number of carbonyl (C=O) groups excluding carboxylic acids is 1. The van der Waals surface area contributed by atoms with E-state index < -0.39 is 21.9 Å². The smallest absolute Gasteiger partial charge is 0.302 e. The maximum Gasteiger partial charge on any atom is 0.302 e. The topological polar surface area (TPSA) is 54.5 Å². The molecule has 1 fully saturated rings. The summed E-state index contributed by atoms with van der Waals surface area (Å²) in [6, 6.07) is 8.03. The summed E-state index contributed by atoms with van der Waals surface area (Å²) >= 11 is 0. The highest BCUT2D eigenvalue weighted by atomic mass is 32.3. The number of halogens is 1. The molecule has 1 unspecified atom stereocenters. The van der Waals surface area contributed by atoms with Crippen LogP contribution in [0.4, 0.5) is 3.89 Å². The number of carbonyl (C=O) groups is 1. The van der Waals surface area contributed by atoms with Gasteiger partial charge in [-0.25, -0.2) is 0 Å². The van der Waals surface area contributed by atoms with Gasteiger partial charge in [-0.1, -0.05) is 29.8 Å². The third-order valence-electron chi connectivity index (χ3n) is 3.48. The van der Waals surface area contributed by atoms with Gasteiger partial charge in [-0.15, -0.1) is 3.89 Å². The lowest BCUT2D eigenvalue weighted by Gasteiger charge is -2.16. The molecule has 0 spiro atoms. The molecule has 110 valence electrons. The van der Waals surface area contributed by atoms with Crippen LogP contribution in [0.5, 0.6) is 0 Å². The van der Waals surface area contributed by atoms with Crippen molar-refractivity contribution >= 4 is 16.1 Å². The fraction of sp³-hybridized carbons (Fsp3) is 0.500. The first-order chi connectivity index (χ1) is 9.33. The number of hydrogen-bond acceptors (Lipinski definition) is 3. The monoisotopic (exact) mass is 299 g/mol. The summed E-state index contributed by atoms with van der Waals surface area (Å²) in [6.45, 7) is 2.88. The van der Waals surface area contributed by atoms with E-state index in [4.69, 9.17) is 0 Å². The Labute approximate surface area is 118 Å². The van der Waals surface area contributed by atoms with Crippen molar-refractivity contribution < 1.29 is 17.1 Å². The predicted molar refractivity (Wildman–Crippen MR) is 74.5 cm³/mol. The molecule has 20 heavy (non-hydrogen) atoms. The second-order valence-corrected chi connectivity index (χ2v) is 6.77. The zero-order chi connectivity index (χ0) is 14.8. The number of aryl methyl sites for hydroxylation is 1. The van der Waals surface area contributed by atoms with Crippen LogP contribution in [-0.4, -0.2) is 38.1 Å². The second-order valence-electron chi connectivity index (χ2n) is 5.35. The highest BCUT2D eigenvalue weighted by molar-refractivity contribution is 7.86. The quantitative estimate of drug-likeness (QED) is 0.777. The van der Waals surface area contributed by atoms with E-state index in [1.807, 2.05) is 25.1 Å². The molecule has 1 atom stereocenters. The van der Waals surface area contributed by atoms with Crippen LogP contribution in [0.3, 0.4) is 0 Å². The summed E-state index contributed by atoms with van der Waals surface area (Å²) in [6.07, 6.45) is 0.847. The summed E-state index contributed by atoms with van der Waals surface area (Å²) in [7, 11) is -4.51. The fourth-order valence-electron chi connectivity index (χ4n) is 2.59. The summed E-state index contributed by atoms with van der Waals surface area (Å²) in [5.74, 6) is -1.07. The Kier molecular flexibility index (Phi) is 4.42. The Hall–Kier alpha value is -1.43. The molecule has 6 heteroatoms. The molecule has 0 saturated carbocycles. The van der Waals surface area contributed by atoms with Crippen LogP contribution in [-0.2, 0) is 21.4 Å². The van der Waals surface area contributed by atoms with Gasteiger partial charge in [-0.05, 0) is 18.9 Å². The van der Waals surface area contributed by atoms with Gasteiger partial charge in [-0.3, -0.25) is 4.79 Å². The van der Waals surface area contributed by atoms with Crippen LogP contribution >= 0.6 is 0 Å². The molecular weight excluding hydrogens is 281 g/mol. The van der Waals surface area contributed by atoms with E-state index in [1.165, 1.54) is 0 Å². The first kappa shape index (κ1) is 15.0. The van der Waals surface area contributed by atoms with Crippen molar-refractivity contribution in [1.29, 1.82) is 0 Å². The Balaban J connectivity index is 1.89. The molecule has 1 aromatic carbocycles. The Morgan fingerprint density at radius 2 is 2.15 bits per heavy atom. The first-order valence-electron chi connectivity index (χ1n) is 6.59. The molecule has 1 heterocycles. The van der Waals surface area contributed by atoms with Gasteiger partial charge in [0.2, 0.25) is 5.91 Å². The molecule has 1 aliphatic heterocycles. The van der Waals surface area contributed by atoms with E-state index >= 15 is 0 Å². The number of amides is 1. The SMILES string of the molecule is Cc1cccc(CCN2CC(CS(=O)(=O)F)CC2=O)c1. The first-order valence-corrected chi connectivity index (χ1v) is 8.14. The molecule has 0 bridgehead atoms. The van der Waals surface area contributed by atoms with E-state index in [2.05, 4.69) is 6.07 Å². The zero-order valence-corrected chi connectivity index (χ0v) is 12.2. The van der Waals surface area contributed by atoms with Gasteiger partial charge in [0.1, 0.15) is 0 Å². The van der Waals surface area contributed by atoms with E-state index in [0.717, 1.165) is 17.5 Å². The number of benzene rings is 1. The number of nitrogens with zero attached hydrogens (tertiary/aromatic N) is 1. The maximum absolute atomic E-state index is 12.6. The van der Waals surface area contributed by atoms with Crippen LogP contribution in [0.25, 0.3) is 0 Å². The number of hydrogen-bond donors (Lipinski definition) is 0. The van der Waals surface area contributed by atoms with Crippen molar-refractivity contribution in [3.63, 3.8) is 0 Å². The zero-order valence-electron chi connectivity index (χ0n) is 11.4. The van der Waals surface area contributed by atoms with Gasteiger partial charge in [0.25, 0.3) is 0 Å². The summed E-state index contributed by atoms with van der Waals surface area (Å²) in [5.41, 5.74) is 2.30. The van der Waals surface area contributed by atoms with E-state index in [9.17, 15) is 17.1 Å². The van der Waals surface area contributed by atoms with E-state index in [1.54, 1.807) is 4.90 Å². The largest absolute Gasteiger partial charge is 0.342 e. The van der Waals surface area contributed by atoms with E-state index in [0.29, 0.717) is 13.1 Å². The van der Waals surface area contributed by atoms with Gasteiger partial charge < -0.3 is 4.90 Å². The van der Waals surface area contributed by atoms with Crippen LogP contribution in [0.1, 0.15) is 17.5 Å². The molecule has 1 aromatic rings. The number of rotatable bonds is 5. The molecule has 0 aliphatic carbocycles. The molecule has 2 rings (SSSR count). The lowest BCUT2D eigenvalue weighted by Crippen LogP contribution is -2.28. The van der Waals surface area contributed by atoms with Crippen molar-refractivity contribution in [1.82, 2.24) is 4.90 Å². The molecule has 0 radical (unpaired) electrons. The molecule has 1 aliphatic rings. The van der Waals surface area contributed by atoms with Crippen molar-refractivity contribution in [2.45, 2.75) is 19.8 Å². The Morgan fingerprint density at radius 3 is 2.80 bits per heavy atom. The summed E-state index contributed by atoms with van der Waals surface area (Å²) in [5, 5.41) is 0. The predicted octanol–water partition coefficient (Wildman–Crippen LogP) is 1.69. The highest BCUT2D eigenvalue weighted by Crippen LogP contribution is 2.20. The molecular formula is C14H18FNO3S. The molecule has 1 amide bonds. The third-order valence-corrected chi connectivity index (χ3v) is 4.35. The highest BCUT2D eigenvalue weighted by Gasteiger charge is 2.32. The van der Waals surface area contributed by atoms with Crippen LogP contribution in [0, 0.1) is 12.8 Å². The summed E-state index contributed by atoms with van der Waals surface area (Å²) < 4.78 is 33.9. The minimum absolute atomic E-state index is 0.0914. The van der Waals surface area contributed by atoms with Crippen LogP contribution in [0.2, 0.25) is 0 Å². The Bertz CT molecular complexity index is 600. The lowest BCUT2D eigenvalue weighted by molar-refractivity contribution is -0.127. The van der Waals surface area contributed by atoms with Gasteiger partial charge in [-0.2, -0.15) is 8.42 Å². The standard InChI is InChI=1S/C14H18FNO3S/c1-11-3-2-4-12(7-11)5-6-16-9-13(8-14(16)17)10-20(15,18)19/h2-4,7,13H,5-6,8-10H2,1H3. The van der Waals surface area contributed by atoms with Crippen molar-refractivity contribution in [3.8, 4) is 0 Å². The van der Waals surface area contributed by atoms with Crippen LogP contribution < -0.4 is 0 Å². The number of likely N-dealkylation sites (tertiary alicyclic amines) is 1. The van der Waals surface area contributed by atoms with Gasteiger partial charge in [0, 0.05) is 25.4 Å². The van der Waals surface area contributed by atoms with E-state index in [-0.39, 0.29) is 12.3 Å². The minimum atomic E-state index is -4.51. The average Bonchev–Trinajstić information content (AvgIpc) is 2.64. The summed E-state index contributed by atoms with van der Waals surface area (Å²) in [4.78, 5) is 13.4. The minimum Gasteiger partial charge on any atom is -0.342 e. The Morgan fingerprint density at radius 1 is 1.40 bits per heavy atom. The van der Waals surface area contributed by atoms with Gasteiger partial charge >= 0.3 is 10.2 Å². The lowest BCUT2D eigenvalue weighted by atomic mass is 10.1. The van der Waals surface area contributed by atoms with Crippen LogP contribution in [0.15, 0.2) is 24.3 Å².